The van der Waals surface area contributed by atoms with E-state index in [2.05, 4.69) is 24.0 Å². The molecule has 0 saturated heterocycles. The molecule has 24 heavy (non-hydrogen) atoms. The molecule has 1 heterocycles. The van der Waals surface area contributed by atoms with E-state index in [0.717, 1.165) is 35.9 Å². The second kappa shape index (κ2) is 7.73. The summed E-state index contributed by atoms with van der Waals surface area (Å²) in [4.78, 5) is 19.3. The van der Waals surface area contributed by atoms with E-state index < -0.39 is 0 Å². The van der Waals surface area contributed by atoms with Crippen molar-refractivity contribution in [1.29, 1.82) is 0 Å². The monoisotopic (exact) mass is 318 g/mol. The van der Waals surface area contributed by atoms with E-state index in [4.69, 9.17) is 0 Å². The number of carbonyl (C=O) groups is 1. The summed E-state index contributed by atoms with van der Waals surface area (Å²) in [6.45, 7) is 3.53. The van der Waals surface area contributed by atoms with E-state index in [1.165, 1.54) is 0 Å². The van der Waals surface area contributed by atoms with Crippen molar-refractivity contribution >= 4 is 16.8 Å². The van der Waals surface area contributed by atoms with Gasteiger partial charge in [-0.2, -0.15) is 0 Å². The Labute approximate surface area is 143 Å². The maximum Gasteiger partial charge on any atom is 0.255 e. The number of fused-ring (bicyclic) bond motifs is 1. The van der Waals surface area contributed by atoms with Crippen molar-refractivity contribution in [2.45, 2.75) is 26.3 Å². The molecule has 3 aromatic rings. The van der Waals surface area contributed by atoms with E-state index in [0.29, 0.717) is 12.1 Å². The Bertz CT molecular complexity index is 814. The summed E-state index contributed by atoms with van der Waals surface area (Å²) in [7, 11) is 0. The molecule has 0 bridgehead atoms. The highest BCUT2D eigenvalue weighted by atomic mass is 16.2. The summed E-state index contributed by atoms with van der Waals surface area (Å²) in [5.41, 5.74) is 2.72. The topological polar surface area (TPSA) is 33.2 Å². The van der Waals surface area contributed by atoms with E-state index in [-0.39, 0.29) is 5.91 Å². The molecule has 122 valence electrons. The SMILES string of the molecule is CCCCN(Cc1ccccc1)C(=O)c1cnc2ccccc2c1. The summed E-state index contributed by atoms with van der Waals surface area (Å²) in [5.74, 6) is 0.0468. The molecule has 0 aliphatic carbocycles. The number of nitrogens with zero attached hydrogens (tertiary/aromatic N) is 2. The number of unbranched alkanes of at least 4 members (excludes halogenated alkanes) is 1. The number of hydrogen-bond donors (Lipinski definition) is 0. The Balaban J connectivity index is 1.85. The lowest BCUT2D eigenvalue weighted by atomic mass is 10.1. The van der Waals surface area contributed by atoms with Crippen LogP contribution in [0.15, 0.2) is 66.9 Å². The van der Waals surface area contributed by atoms with Gasteiger partial charge in [0.1, 0.15) is 0 Å². The van der Waals surface area contributed by atoms with E-state index in [1.807, 2.05) is 53.4 Å². The molecule has 0 aliphatic heterocycles. The normalized spacial score (nSPS) is 10.7. The number of carbonyl (C=O) groups excluding carboxylic acids is 1. The number of amides is 1. The smallest absolute Gasteiger partial charge is 0.255 e. The van der Waals surface area contributed by atoms with Crippen LogP contribution in [0.25, 0.3) is 10.9 Å². The highest BCUT2D eigenvalue weighted by Crippen LogP contribution is 2.16. The molecule has 0 spiro atoms. The zero-order valence-electron chi connectivity index (χ0n) is 14.0. The van der Waals surface area contributed by atoms with Crippen LogP contribution in [-0.4, -0.2) is 22.3 Å². The number of para-hydroxylation sites is 1. The highest BCUT2D eigenvalue weighted by molar-refractivity contribution is 5.97. The molecule has 3 nitrogen and oxygen atoms in total. The van der Waals surface area contributed by atoms with Crippen molar-refractivity contribution in [2.24, 2.45) is 0 Å². The van der Waals surface area contributed by atoms with Gasteiger partial charge in [0.2, 0.25) is 0 Å². The Kier molecular flexibility index (Phi) is 5.22. The third kappa shape index (κ3) is 3.80. The average Bonchev–Trinajstić information content (AvgIpc) is 2.65. The van der Waals surface area contributed by atoms with Crippen molar-refractivity contribution in [3.63, 3.8) is 0 Å². The minimum absolute atomic E-state index is 0.0468. The number of aromatic nitrogens is 1. The number of pyridine rings is 1. The first-order chi connectivity index (χ1) is 11.8. The molecule has 1 aromatic heterocycles. The molecular weight excluding hydrogens is 296 g/mol. The molecule has 0 aliphatic rings. The van der Waals surface area contributed by atoms with Crippen molar-refractivity contribution in [2.75, 3.05) is 6.54 Å². The van der Waals surface area contributed by atoms with E-state index in [9.17, 15) is 4.79 Å². The first kappa shape index (κ1) is 16.2. The second-order valence-electron chi connectivity index (χ2n) is 5.98. The highest BCUT2D eigenvalue weighted by Gasteiger charge is 2.16. The fourth-order valence-corrected chi connectivity index (χ4v) is 2.78. The minimum atomic E-state index is 0.0468. The summed E-state index contributed by atoms with van der Waals surface area (Å²) >= 11 is 0. The van der Waals surface area contributed by atoms with Gasteiger partial charge in [-0.3, -0.25) is 9.78 Å². The first-order valence-electron chi connectivity index (χ1n) is 8.46. The van der Waals surface area contributed by atoms with Gasteiger partial charge in [-0.25, -0.2) is 0 Å². The van der Waals surface area contributed by atoms with Gasteiger partial charge in [0.25, 0.3) is 5.91 Å². The maximum absolute atomic E-state index is 13.0. The minimum Gasteiger partial charge on any atom is -0.334 e. The molecule has 0 atom stereocenters. The molecule has 0 unspecified atom stereocenters. The van der Waals surface area contributed by atoms with Crippen LogP contribution in [-0.2, 0) is 6.54 Å². The van der Waals surface area contributed by atoms with Crippen LogP contribution >= 0.6 is 0 Å². The van der Waals surface area contributed by atoms with Crippen molar-refractivity contribution in [3.05, 3.63) is 78.0 Å². The van der Waals surface area contributed by atoms with Gasteiger partial charge in [-0.1, -0.05) is 61.9 Å². The fourth-order valence-electron chi connectivity index (χ4n) is 2.78. The molecule has 1 amide bonds. The third-order valence-corrected chi connectivity index (χ3v) is 4.12. The van der Waals surface area contributed by atoms with Crippen LogP contribution in [0.2, 0.25) is 0 Å². The lowest BCUT2D eigenvalue weighted by Gasteiger charge is -2.23. The molecule has 0 fully saturated rings. The predicted octanol–water partition coefficient (Wildman–Crippen LogP) is 4.68. The maximum atomic E-state index is 13.0. The van der Waals surface area contributed by atoms with Gasteiger partial charge in [0.05, 0.1) is 11.1 Å². The van der Waals surface area contributed by atoms with Crippen LogP contribution in [0.3, 0.4) is 0 Å². The number of hydrogen-bond acceptors (Lipinski definition) is 2. The third-order valence-electron chi connectivity index (χ3n) is 4.12. The summed E-state index contributed by atoms with van der Waals surface area (Å²) < 4.78 is 0. The van der Waals surface area contributed by atoms with Crippen molar-refractivity contribution in [1.82, 2.24) is 9.88 Å². The molecule has 0 saturated carbocycles. The average molecular weight is 318 g/mol. The van der Waals surface area contributed by atoms with Gasteiger partial charge < -0.3 is 4.90 Å². The summed E-state index contributed by atoms with van der Waals surface area (Å²) in [6, 6.07) is 20.0. The van der Waals surface area contributed by atoms with Gasteiger partial charge >= 0.3 is 0 Å². The van der Waals surface area contributed by atoms with E-state index in [1.54, 1.807) is 6.20 Å². The van der Waals surface area contributed by atoms with Gasteiger partial charge in [0, 0.05) is 24.7 Å². The quantitative estimate of drug-likeness (QED) is 0.661. The Hall–Kier alpha value is -2.68. The van der Waals surface area contributed by atoms with Crippen LogP contribution in [0.1, 0.15) is 35.7 Å². The van der Waals surface area contributed by atoms with Crippen LogP contribution in [0, 0.1) is 0 Å². The second-order valence-corrected chi connectivity index (χ2v) is 5.98. The van der Waals surface area contributed by atoms with Crippen molar-refractivity contribution in [3.8, 4) is 0 Å². The van der Waals surface area contributed by atoms with E-state index >= 15 is 0 Å². The lowest BCUT2D eigenvalue weighted by Crippen LogP contribution is -2.31. The molecule has 0 N–H and O–H groups in total. The Morgan fingerprint density at radius 2 is 1.79 bits per heavy atom. The molecule has 2 aromatic carbocycles. The first-order valence-corrected chi connectivity index (χ1v) is 8.46. The lowest BCUT2D eigenvalue weighted by molar-refractivity contribution is 0.0740. The zero-order valence-corrected chi connectivity index (χ0v) is 14.0. The Morgan fingerprint density at radius 1 is 1.04 bits per heavy atom. The zero-order chi connectivity index (χ0) is 16.8. The fraction of sp³-hybridized carbons (Fsp3) is 0.238. The van der Waals surface area contributed by atoms with Crippen LogP contribution in [0.4, 0.5) is 0 Å². The molecular formula is C21H22N2O. The van der Waals surface area contributed by atoms with Gasteiger partial charge in [0.15, 0.2) is 0 Å². The molecule has 3 rings (SSSR count). The Morgan fingerprint density at radius 3 is 2.58 bits per heavy atom. The predicted molar refractivity (Wildman–Crippen MR) is 97.8 cm³/mol. The summed E-state index contributed by atoms with van der Waals surface area (Å²) in [6.07, 6.45) is 3.75. The van der Waals surface area contributed by atoms with Crippen LogP contribution in [0.5, 0.6) is 0 Å². The molecule has 0 radical (unpaired) electrons. The van der Waals surface area contributed by atoms with Crippen molar-refractivity contribution < 1.29 is 4.79 Å². The van der Waals surface area contributed by atoms with Gasteiger partial charge in [-0.05, 0) is 24.1 Å². The number of benzene rings is 2. The van der Waals surface area contributed by atoms with Gasteiger partial charge in [-0.15, -0.1) is 0 Å². The molecule has 3 heteroatoms. The largest absolute Gasteiger partial charge is 0.334 e. The standard InChI is InChI=1S/C21H22N2O/c1-2-3-13-23(16-17-9-5-4-6-10-17)21(24)19-14-18-11-7-8-12-20(18)22-15-19/h4-12,14-15H,2-3,13,16H2,1H3. The number of rotatable bonds is 6. The summed E-state index contributed by atoms with van der Waals surface area (Å²) in [5, 5.41) is 0.999. The van der Waals surface area contributed by atoms with Crippen LogP contribution < -0.4 is 0 Å².